The number of aromatic nitrogens is 3. The van der Waals surface area contributed by atoms with Crippen molar-refractivity contribution in [3.8, 4) is 0 Å². The molecule has 2 aliphatic rings. The van der Waals surface area contributed by atoms with Gasteiger partial charge in [-0.25, -0.2) is 9.89 Å². The van der Waals surface area contributed by atoms with Crippen LogP contribution in [-0.4, -0.2) is 76.0 Å². The number of carboxylic acid groups (broad SMARTS) is 1. The number of rotatable bonds is 9. The van der Waals surface area contributed by atoms with Gasteiger partial charge in [-0.05, 0) is 17.2 Å². The maximum atomic E-state index is 13.5. The van der Waals surface area contributed by atoms with Crippen LogP contribution in [0.2, 0.25) is 0 Å². The molecule has 2 aliphatic heterocycles. The van der Waals surface area contributed by atoms with Crippen LogP contribution < -0.4 is 21.6 Å². The number of hydrogen-bond donors (Lipinski definition) is 6. The fraction of sp³-hybridized carbons (Fsp3) is 0.185. The van der Waals surface area contributed by atoms with Gasteiger partial charge in [-0.2, -0.15) is 5.10 Å². The third-order valence-electron chi connectivity index (χ3n) is 6.76. The lowest BCUT2D eigenvalue weighted by atomic mass is 9.99. The number of aliphatic hydroxyl groups is 1. The molecule has 2 aromatic heterocycles. The Morgan fingerprint density at radius 2 is 1.86 bits per heavy atom. The molecule has 16 heteroatoms. The van der Waals surface area contributed by atoms with Gasteiger partial charge >= 0.3 is 5.97 Å². The fourth-order valence-corrected chi connectivity index (χ4v) is 6.30. The Kier molecular flexibility index (Phi) is 8.33. The van der Waals surface area contributed by atoms with Crippen LogP contribution in [0.3, 0.4) is 0 Å². The molecule has 1 aromatic carbocycles. The minimum atomic E-state index is -1.41. The first-order valence-electron chi connectivity index (χ1n) is 12.6. The van der Waals surface area contributed by atoms with Crippen LogP contribution in [0.1, 0.15) is 33.2 Å². The minimum absolute atomic E-state index is 0.0462. The zero-order chi connectivity index (χ0) is 30.8. The molecule has 2 unspecified atom stereocenters. The van der Waals surface area contributed by atoms with Crippen molar-refractivity contribution in [1.29, 1.82) is 0 Å². The highest BCUT2D eigenvalue weighted by Gasteiger charge is 2.55. The van der Waals surface area contributed by atoms with Gasteiger partial charge in [0, 0.05) is 35.9 Å². The summed E-state index contributed by atoms with van der Waals surface area (Å²) < 4.78 is 0. The number of amides is 3. The summed E-state index contributed by atoms with van der Waals surface area (Å²) >= 11 is 6.59. The fourth-order valence-electron chi connectivity index (χ4n) is 4.57. The largest absolute Gasteiger partial charge is 0.477 e. The molecule has 6 N–H and O–H groups in total. The van der Waals surface area contributed by atoms with Crippen molar-refractivity contribution < 1.29 is 29.4 Å². The van der Waals surface area contributed by atoms with E-state index in [0.29, 0.717) is 11.1 Å². The smallest absolute Gasteiger partial charge is 0.353 e. The van der Waals surface area contributed by atoms with E-state index in [9.17, 15) is 39.0 Å². The first-order valence-corrected chi connectivity index (χ1v) is 14.1. The van der Waals surface area contributed by atoms with Crippen LogP contribution in [-0.2, 0) is 21.0 Å². The zero-order valence-electron chi connectivity index (χ0n) is 21.9. The molecule has 0 radical (unpaired) electrons. The second-order valence-electron chi connectivity index (χ2n) is 9.39. The highest BCUT2D eigenvalue weighted by Crippen LogP contribution is 2.41. The highest BCUT2D eigenvalue weighted by atomic mass is 32.2. The molecule has 5 rings (SSSR count). The van der Waals surface area contributed by atoms with Crippen molar-refractivity contribution in [3.05, 3.63) is 109 Å². The van der Waals surface area contributed by atoms with Gasteiger partial charge in [0.05, 0.1) is 11.5 Å². The number of aliphatic hydroxyl groups excluding tert-OH is 1. The molecule has 0 aliphatic carbocycles. The number of aliphatic carboxylic acids is 1. The van der Waals surface area contributed by atoms with Crippen molar-refractivity contribution in [2.75, 3.05) is 5.75 Å². The van der Waals surface area contributed by atoms with Crippen LogP contribution in [0, 0.1) is 0 Å². The molecule has 0 bridgehead atoms. The van der Waals surface area contributed by atoms with Crippen LogP contribution in [0.4, 0.5) is 0 Å². The summed E-state index contributed by atoms with van der Waals surface area (Å²) in [5.41, 5.74) is -0.468. The molecular weight excluding hydrogens is 600 g/mol. The predicted octanol–water partition coefficient (Wildman–Crippen LogP) is -0.422. The van der Waals surface area contributed by atoms with Crippen LogP contribution in [0.25, 0.3) is 0 Å². The standard InChI is InChI=1S/C27H22N6O8S2/c34-10-12-1-3-13(4-2-12)19(29-23(37)14-9-28-8-7-17(14)35)24(38)30-20-25(39)33-21(27(40)41)15(11-43-26(20)33)22(42)16-5-6-18(36)32-31-16/h1-9,19-20,26,34H,10-11H2,(H,28,35)(H,29,37)(H,30,38)(H,32,36)(H,40,41)/t19?,20?,26-/m0/s1. The van der Waals surface area contributed by atoms with Gasteiger partial charge in [0.1, 0.15) is 34.4 Å². The second-order valence-corrected chi connectivity index (χ2v) is 10.9. The number of thioether (sulfide) groups is 1. The molecule has 0 saturated carbocycles. The molecule has 3 aromatic rings. The molecule has 4 heterocycles. The number of nitrogens with zero attached hydrogens (tertiary/aromatic N) is 2. The van der Waals surface area contributed by atoms with E-state index in [1.165, 1.54) is 48.4 Å². The van der Waals surface area contributed by atoms with Gasteiger partial charge in [-0.3, -0.25) is 28.9 Å². The number of H-pyrrole nitrogens is 2. The first-order chi connectivity index (χ1) is 20.6. The number of carbonyl (C=O) groups excluding carboxylic acids is 3. The molecular formula is C27H22N6O8S2. The highest BCUT2D eigenvalue weighted by molar-refractivity contribution is 8.00. The van der Waals surface area contributed by atoms with E-state index in [2.05, 4.69) is 25.8 Å². The lowest BCUT2D eigenvalue weighted by Crippen LogP contribution is -2.71. The molecule has 3 atom stereocenters. The maximum Gasteiger partial charge on any atom is 0.353 e. The van der Waals surface area contributed by atoms with Crippen LogP contribution in [0.15, 0.2) is 75.7 Å². The first kappa shape index (κ1) is 29.6. The van der Waals surface area contributed by atoms with E-state index < -0.39 is 52.1 Å². The van der Waals surface area contributed by atoms with Crippen molar-refractivity contribution in [3.63, 3.8) is 0 Å². The SMILES string of the molecule is O=C(O)C1=C(C(=S)c2ccc(=O)[nH]n2)CS[C@H]2C(NC(=O)C(NC(=O)c3c[nH]ccc3=O)c3ccc(CO)cc3)C(=O)N12. The number of carbonyl (C=O) groups is 4. The molecule has 0 spiro atoms. The third kappa shape index (κ3) is 5.75. The summed E-state index contributed by atoms with van der Waals surface area (Å²) in [4.78, 5) is 79.3. The van der Waals surface area contributed by atoms with Gasteiger partial charge < -0.3 is 25.8 Å². The Bertz CT molecular complexity index is 1780. The summed E-state index contributed by atoms with van der Waals surface area (Å²) in [7, 11) is 0. The van der Waals surface area contributed by atoms with E-state index in [0.717, 1.165) is 11.0 Å². The predicted molar refractivity (Wildman–Crippen MR) is 156 cm³/mol. The molecule has 1 saturated heterocycles. The summed E-state index contributed by atoms with van der Waals surface area (Å²) in [5.74, 6) is -3.67. The summed E-state index contributed by atoms with van der Waals surface area (Å²) in [6.45, 7) is -0.253. The van der Waals surface area contributed by atoms with Gasteiger partial charge in [0.25, 0.3) is 17.4 Å². The lowest BCUT2D eigenvalue weighted by molar-refractivity contribution is -0.150. The van der Waals surface area contributed by atoms with Crippen LogP contribution in [0.5, 0.6) is 0 Å². The average molecular weight is 623 g/mol. The average Bonchev–Trinajstić information content (AvgIpc) is 3.01. The van der Waals surface area contributed by atoms with Crippen molar-refractivity contribution in [2.45, 2.75) is 24.1 Å². The van der Waals surface area contributed by atoms with Crippen LogP contribution >= 0.6 is 24.0 Å². The van der Waals surface area contributed by atoms with Gasteiger partial charge in [-0.1, -0.05) is 36.5 Å². The number of pyridine rings is 1. The molecule has 220 valence electrons. The molecule has 43 heavy (non-hydrogen) atoms. The van der Waals surface area contributed by atoms with E-state index >= 15 is 0 Å². The number of thiocarbonyl (C=S) groups is 1. The summed E-state index contributed by atoms with van der Waals surface area (Å²) in [5, 5.41) is 29.8. The molecule has 1 fully saturated rings. The Labute approximate surface area is 251 Å². The molecule has 3 amide bonds. The topological polar surface area (TPSA) is 215 Å². The zero-order valence-corrected chi connectivity index (χ0v) is 23.5. The Balaban J connectivity index is 1.39. The number of benzene rings is 1. The van der Waals surface area contributed by atoms with Gasteiger partial charge in [0.15, 0.2) is 5.43 Å². The number of fused-ring (bicyclic) bond motifs is 1. The quantitative estimate of drug-likeness (QED) is 0.102. The van der Waals surface area contributed by atoms with E-state index in [4.69, 9.17) is 12.2 Å². The van der Waals surface area contributed by atoms with Gasteiger partial charge in [0.2, 0.25) is 5.91 Å². The Hall–Kier alpha value is -4.93. The lowest BCUT2D eigenvalue weighted by Gasteiger charge is -2.49. The summed E-state index contributed by atoms with van der Waals surface area (Å²) in [6, 6.07) is 7.33. The number of nitrogens with one attached hydrogen (secondary N) is 4. The van der Waals surface area contributed by atoms with Crippen molar-refractivity contribution >= 4 is 52.5 Å². The third-order valence-corrected chi connectivity index (χ3v) is 8.49. The van der Waals surface area contributed by atoms with E-state index in [1.807, 2.05) is 0 Å². The maximum absolute atomic E-state index is 13.5. The normalized spacial score (nSPS) is 18.3. The number of β-lactam (4-membered cyclic amide) rings is 1. The number of aromatic amines is 2. The van der Waals surface area contributed by atoms with Gasteiger partial charge in [-0.15, -0.1) is 11.8 Å². The Morgan fingerprint density at radius 3 is 2.49 bits per heavy atom. The monoisotopic (exact) mass is 622 g/mol. The van der Waals surface area contributed by atoms with Crippen molar-refractivity contribution in [2.24, 2.45) is 0 Å². The van der Waals surface area contributed by atoms with E-state index in [1.54, 1.807) is 12.1 Å². The summed E-state index contributed by atoms with van der Waals surface area (Å²) in [6.07, 6.45) is 2.54. The van der Waals surface area contributed by atoms with Crippen molar-refractivity contribution in [1.82, 2.24) is 30.7 Å². The molecule has 14 nitrogen and oxygen atoms in total. The second kappa shape index (κ2) is 12.1. The van der Waals surface area contributed by atoms with E-state index in [-0.39, 0.29) is 39.8 Å². The Morgan fingerprint density at radius 1 is 1.12 bits per heavy atom. The minimum Gasteiger partial charge on any atom is -0.477 e. The number of hydrogen-bond acceptors (Lipinski definition) is 10. The number of carboxylic acids is 1.